The van der Waals surface area contributed by atoms with Crippen molar-refractivity contribution < 1.29 is 5.11 Å². The van der Waals surface area contributed by atoms with Gasteiger partial charge in [-0.2, -0.15) is 0 Å². The fraction of sp³-hybridized carbons (Fsp3) is 0.805. The van der Waals surface area contributed by atoms with Gasteiger partial charge in [-0.15, -0.1) is 0 Å². The van der Waals surface area contributed by atoms with Gasteiger partial charge in [-0.3, -0.25) is 0 Å². The summed E-state index contributed by atoms with van der Waals surface area (Å²) in [6.07, 6.45) is 54.3. The Morgan fingerprint density at radius 1 is 0.395 bits per heavy atom. The predicted molar refractivity (Wildman–Crippen MR) is 196 cm³/mol. The van der Waals surface area contributed by atoms with Crippen molar-refractivity contribution in [1.82, 2.24) is 0 Å². The highest BCUT2D eigenvalue weighted by Crippen LogP contribution is 2.28. The molecule has 0 spiro atoms. The van der Waals surface area contributed by atoms with Gasteiger partial charge in [0.15, 0.2) is 0 Å². The minimum absolute atomic E-state index is 0.459. The largest absolute Gasteiger partial charge is 0.390 e. The third kappa shape index (κ3) is 33.6. The Morgan fingerprint density at radius 3 is 1.05 bits per heavy atom. The molecule has 43 heavy (non-hydrogen) atoms. The molecule has 3 N–H and O–H groups in total. The molecule has 0 atom stereocenters. The molecule has 0 aromatic rings. The van der Waals surface area contributed by atoms with Crippen LogP contribution in [0.1, 0.15) is 200 Å². The number of hydrogen-bond acceptors (Lipinski definition) is 2. The van der Waals surface area contributed by atoms with Crippen molar-refractivity contribution in [1.29, 1.82) is 0 Å². The lowest BCUT2D eigenvalue weighted by Gasteiger charge is -2.28. The molecular weight excluding hydrogens is 522 g/mol. The average molecular weight is 600 g/mol. The minimum atomic E-state index is -0.459. The van der Waals surface area contributed by atoms with Crippen molar-refractivity contribution in [3.8, 4) is 0 Å². The van der Waals surface area contributed by atoms with Gasteiger partial charge in [-0.25, -0.2) is 0 Å². The molecule has 0 amide bonds. The molecule has 0 aliphatic carbocycles. The molecule has 0 fully saturated rings. The van der Waals surface area contributed by atoms with Crippen molar-refractivity contribution in [2.24, 2.45) is 5.73 Å². The standard InChI is InChI=1S/C41H77NO/c1-3-5-7-9-11-13-15-17-19-21-23-25-27-29-31-33-37-41(43,39-35-36-40-42)38-34-32-30-28-26-24-22-20-18-16-14-12-10-8-6-4-2/h11-14,17-20,43H,3-10,15-16,21-40,42H2,1-2H3/b13-11-,14-12-,19-17-,20-18-. The summed E-state index contributed by atoms with van der Waals surface area (Å²) in [7, 11) is 0. The third-order valence-corrected chi connectivity index (χ3v) is 8.78. The molecule has 0 unspecified atom stereocenters. The van der Waals surface area contributed by atoms with E-state index in [1.54, 1.807) is 0 Å². The van der Waals surface area contributed by atoms with E-state index < -0.39 is 5.60 Å². The van der Waals surface area contributed by atoms with Gasteiger partial charge in [0.05, 0.1) is 5.60 Å². The number of unbranched alkanes of at least 4 members (excludes halogenated alkanes) is 19. The molecule has 0 saturated carbocycles. The van der Waals surface area contributed by atoms with E-state index in [9.17, 15) is 5.11 Å². The highest BCUT2D eigenvalue weighted by molar-refractivity contribution is 4.93. The van der Waals surface area contributed by atoms with Crippen LogP contribution in [0.2, 0.25) is 0 Å². The first-order chi connectivity index (χ1) is 21.2. The first-order valence-corrected chi connectivity index (χ1v) is 19.2. The maximum atomic E-state index is 11.4. The summed E-state index contributed by atoms with van der Waals surface area (Å²) in [6.45, 7) is 5.27. The van der Waals surface area contributed by atoms with Gasteiger partial charge in [0.1, 0.15) is 0 Å². The molecule has 0 heterocycles. The van der Waals surface area contributed by atoms with Crippen LogP contribution in [0.15, 0.2) is 48.6 Å². The van der Waals surface area contributed by atoms with Crippen molar-refractivity contribution in [3.63, 3.8) is 0 Å². The summed E-state index contributed by atoms with van der Waals surface area (Å²) in [5.74, 6) is 0. The molecule has 0 aliphatic rings. The first kappa shape index (κ1) is 41.9. The average Bonchev–Trinajstić information content (AvgIpc) is 3.01. The summed E-state index contributed by atoms with van der Waals surface area (Å²) in [4.78, 5) is 0. The molecule has 0 aromatic heterocycles. The Hall–Kier alpha value is -1.12. The Morgan fingerprint density at radius 2 is 0.698 bits per heavy atom. The highest BCUT2D eigenvalue weighted by Gasteiger charge is 2.25. The van der Waals surface area contributed by atoms with E-state index in [1.807, 2.05) is 0 Å². The molecule has 0 aromatic carbocycles. The van der Waals surface area contributed by atoms with Crippen LogP contribution >= 0.6 is 0 Å². The van der Waals surface area contributed by atoms with E-state index in [2.05, 4.69) is 62.5 Å². The third-order valence-electron chi connectivity index (χ3n) is 8.78. The lowest BCUT2D eigenvalue weighted by Crippen LogP contribution is -2.28. The van der Waals surface area contributed by atoms with Crippen LogP contribution in [0.4, 0.5) is 0 Å². The van der Waals surface area contributed by atoms with Gasteiger partial charge in [-0.1, -0.05) is 152 Å². The zero-order chi connectivity index (χ0) is 31.4. The molecule has 0 saturated heterocycles. The van der Waals surface area contributed by atoms with E-state index in [0.717, 1.165) is 51.5 Å². The van der Waals surface area contributed by atoms with E-state index in [-0.39, 0.29) is 0 Å². The monoisotopic (exact) mass is 600 g/mol. The quantitative estimate of drug-likeness (QED) is 0.0571. The van der Waals surface area contributed by atoms with Crippen LogP contribution < -0.4 is 5.73 Å². The molecule has 0 radical (unpaired) electrons. The Labute approximate surface area is 271 Å². The second-order valence-corrected chi connectivity index (χ2v) is 13.1. The Kier molecular flexibility index (Phi) is 34.4. The van der Waals surface area contributed by atoms with E-state index in [0.29, 0.717) is 0 Å². The molecule has 2 nitrogen and oxygen atoms in total. The van der Waals surface area contributed by atoms with Crippen molar-refractivity contribution in [2.75, 3.05) is 6.54 Å². The van der Waals surface area contributed by atoms with E-state index >= 15 is 0 Å². The summed E-state index contributed by atoms with van der Waals surface area (Å²) in [5.41, 5.74) is 5.28. The molecular formula is C41H77NO. The van der Waals surface area contributed by atoms with Crippen LogP contribution in [0.25, 0.3) is 0 Å². The maximum Gasteiger partial charge on any atom is 0.0647 e. The summed E-state index contributed by atoms with van der Waals surface area (Å²) in [5, 5.41) is 11.4. The topological polar surface area (TPSA) is 46.2 Å². The van der Waals surface area contributed by atoms with E-state index in [4.69, 9.17) is 5.73 Å². The normalized spacial score (nSPS) is 12.7. The molecule has 252 valence electrons. The van der Waals surface area contributed by atoms with Gasteiger partial charge < -0.3 is 10.8 Å². The summed E-state index contributed by atoms with van der Waals surface area (Å²) in [6, 6.07) is 0. The number of nitrogens with two attached hydrogens (primary N) is 1. The number of allylic oxidation sites excluding steroid dienone is 8. The Bertz CT molecular complexity index is 598. The second kappa shape index (κ2) is 35.4. The number of aliphatic hydroxyl groups is 1. The van der Waals surface area contributed by atoms with Gasteiger partial charge in [0.25, 0.3) is 0 Å². The molecule has 2 heteroatoms. The van der Waals surface area contributed by atoms with Crippen molar-refractivity contribution in [2.45, 2.75) is 206 Å². The van der Waals surface area contributed by atoms with E-state index in [1.165, 1.54) is 141 Å². The van der Waals surface area contributed by atoms with Crippen molar-refractivity contribution in [3.05, 3.63) is 48.6 Å². The van der Waals surface area contributed by atoms with Crippen LogP contribution in [0.5, 0.6) is 0 Å². The SMILES string of the molecule is CCCCC/C=C\C/C=C\CCCCCCCCC(O)(CCCCN)CCCCCCCC/C=C\C/C=C\CCCCC. The molecule has 0 bridgehead atoms. The van der Waals surface area contributed by atoms with Gasteiger partial charge >= 0.3 is 0 Å². The second-order valence-electron chi connectivity index (χ2n) is 13.1. The number of hydrogen-bond donors (Lipinski definition) is 2. The smallest absolute Gasteiger partial charge is 0.0647 e. The van der Waals surface area contributed by atoms with Gasteiger partial charge in [0, 0.05) is 0 Å². The molecule has 0 rings (SSSR count). The van der Waals surface area contributed by atoms with Crippen LogP contribution in [-0.4, -0.2) is 17.3 Å². The van der Waals surface area contributed by atoms with Gasteiger partial charge in [0.2, 0.25) is 0 Å². The highest BCUT2D eigenvalue weighted by atomic mass is 16.3. The predicted octanol–water partition coefficient (Wildman–Crippen LogP) is 13.3. The molecule has 0 aliphatic heterocycles. The summed E-state index contributed by atoms with van der Waals surface area (Å²) >= 11 is 0. The fourth-order valence-corrected chi connectivity index (χ4v) is 5.86. The van der Waals surface area contributed by atoms with Crippen LogP contribution in [-0.2, 0) is 0 Å². The van der Waals surface area contributed by atoms with Crippen molar-refractivity contribution >= 4 is 0 Å². The zero-order valence-corrected chi connectivity index (χ0v) is 29.4. The fourth-order valence-electron chi connectivity index (χ4n) is 5.86. The lowest BCUT2D eigenvalue weighted by atomic mass is 9.85. The maximum absolute atomic E-state index is 11.4. The number of rotatable bonds is 34. The summed E-state index contributed by atoms with van der Waals surface area (Å²) < 4.78 is 0. The lowest BCUT2D eigenvalue weighted by molar-refractivity contribution is 0.00734. The Balaban J connectivity index is 3.83. The van der Waals surface area contributed by atoms with Crippen LogP contribution in [0, 0.1) is 0 Å². The van der Waals surface area contributed by atoms with Gasteiger partial charge in [-0.05, 0) is 103 Å². The zero-order valence-electron chi connectivity index (χ0n) is 29.4. The minimum Gasteiger partial charge on any atom is -0.390 e. The first-order valence-electron chi connectivity index (χ1n) is 19.2. The van der Waals surface area contributed by atoms with Crippen LogP contribution in [0.3, 0.4) is 0 Å².